The Morgan fingerprint density at radius 3 is 2.75 bits per heavy atom. The first-order valence-electron chi connectivity index (χ1n) is 4.51. The molecule has 0 atom stereocenters. The summed E-state index contributed by atoms with van der Waals surface area (Å²) in [5.41, 5.74) is 4.99. The Morgan fingerprint density at radius 1 is 1.62 bits per heavy atom. The Bertz CT molecular complexity index is 403. The maximum absolute atomic E-state index is 10.7. The summed E-state index contributed by atoms with van der Waals surface area (Å²) in [5.74, 6) is 0.151. The first kappa shape index (κ1) is 12.9. The molecule has 16 heavy (non-hydrogen) atoms. The molecule has 6 nitrogen and oxygen atoms in total. The zero-order valence-electron chi connectivity index (χ0n) is 8.94. The van der Waals surface area contributed by atoms with Crippen molar-refractivity contribution in [2.24, 2.45) is 5.73 Å². The lowest BCUT2D eigenvalue weighted by molar-refractivity contribution is -0.386. The molecule has 7 heteroatoms. The standard InChI is InChI=1S/C9H12BrN3O3/c1-9(2,11)5-16-8-6(10)3-12-4-7(8)13(14)15/h3-4H,5,11H2,1-2H3. The van der Waals surface area contributed by atoms with Crippen molar-refractivity contribution in [3.63, 3.8) is 0 Å². The number of nitrogens with zero attached hydrogens (tertiary/aromatic N) is 2. The number of rotatable bonds is 4. The molecular formula is C9H12BrN3O3. The fourth-order valence-electron chi connectivity index (χ4n) is 0.944. The van der Waals surface area contributed by atoms with Crippen molar-refractivity contribution < 1.29 is 9.66 Å². The molecule has 0 aliphatic carbocycles. The molecule has 0 radical (unpaired) electrons. The van der Waals surface area contributed by atoms with Gasteiger partial charge >= 0.3 is 5.69 Å². The molecule has 0 saturated heterocycles. The molecule has 0 spiro atoms. The topological polar surface area (TPSA) is 91.3 Å². The second-order valence-corrected chi connectivity index (χ2v) is 4.86. The molecule has 0 unspecified atom stereocenters. The van der Waals surface area contributed by atoms with E-state index in [4.69, 9.17) is 10.5 Å². The average molecular weight is 290 g/mol. The quantitative estimate of drug-likeness (QED) is 0.675. The Morgan fingerprint density at radius 2 is 2.25 bits per heavy atom. The van der Waals surface area contributed by atoms with Crippen molar-refractivity contribution in [2.75, 3.05) is 6.61 Å². The Balaban J connectivity index is 2.98. The van der Waals surface area contributed by atoms with E-state index in [1.54, 1.807) is 13.8 Å². The molecular weight excluding hydrogens is 278 g/mol. The van der Waals surface area contributed by atoms with Crippen LogP contribution in [0.25, 0.3) is 0 Å². The van der Waals surface area contributed by atoms with Gasteiger partial charge in [-0.1, -0.05) is 0 Å². The monoisotopic (exact) mass is 289 g/mol. The fourth-order valence-corrected chi connectivity index (χ4v) is 1.38. The number of nitro groups is 1. The van der Waals surface area contributed by atoms with E-state index >= 15 is 0 Å². The van der Waals surface area contributed by atoms with Gasteiger partial charge in [0.1, 0.15) is 12.8 Å². The molecule has 0 bridgehead atoms. The molecule has 88 valence electrons. The predicted molar refractivity (Wildman–Crippen MR) is 62.4 cm³/mol. The first-order chi connectivity index (χ1) is 7.31. The van der Waals surface area contributed by atoms with E-state index in [1.807, 2.05) is 0 Å². The number of aromatic nitrogens is 1. The smallest absolute Gasteiger partial charge is 0.330 e. The van der Waals surface area contributed by atoms with Crippen LogP contribution in [0.5, 0.6) is 5.75 Å². The maximum atomic E-state index is 10.7. The summed E-state index contributed by atoms with van der Waals surface area (Å²) in [6.45, 7) is 3.72. The zero-order chi connectivity index (χ0) is 12.3. The minimum atomic E-state index is -0.559. The molecule has 0 aliphatic heterocycles. The molecule has 0 aromatic carbocycles. The highest BCUT2D eigenvalue weighted by atomic mass is 79.9. The number of nitrogens with two attached hydrogens (primary N) is 1. The normalized spacial score (nSPS) is 11.2. The van der Waals surface area contributed by atoms with Crippen LogP contribution in [0, 0.1) is 10.1 Å². The molecule has 1 aromatic rings. The van der Waals surface area contributed by atoms with Crippen LogP contribution in [0.3, 0.4) is 0 Å². The van der Waals surface area contributed by atoms with Crippen LogP contribution in [-0.2, 0) is 0 Å². The van der Waals surface area contributed by atoms with Gasteiger partial charge in [0.15, 0.2) is 0 Å². The van der Waals surface area contributed by atoms with E-state index in [1.165, 1.54) is 6.20 Å². The van der Waals surface area contributed by atoms with Crippen molar-refractivity contribution in [1.29, 1.82) is 0 Å². The van der Waals surface area contributed by atoms with E-state index < -0.39 is 10.5 Å². The number of ether oxygens (including phenoxy) is 1. The summed E-state index contributed by atoms with van der Waals surface area (Å²) >= 11 is 3.15. The fraction of sp³-hybridized carbons (Fsp3) is 0.444. The van der Waals surface area contributed by atoms with E-state index in [9.17, 15) is 10.1 Å². The van der Waals surface area contributed by atoms with Gasteiger partial charge in [-0.3, -0.25) is 15.1 Å². The van der Waals surface area contributed by atoms with E-state index in [0.29, 0.717) is 4.47 Å². The lowest BCUT2D eigenvalue weighted by Crippen LogP contribution is -2.38. The number of halogens is 1. The highest BCUT2D eigenvalue weighted by Crippen LogP contribution is 2.33. The van der Waals surface area contributed by atoms with Crippen molar-refractivity contribution in [2.45, 2.75) is 19.4 Å². The third kappa shape index (κ3) is 3.42. The highest BCUT2D eigenvalue weighted by Gasteiger charge is 2.21. The van der Waals surface area contributed by atoms with Gasteiger partial charge in [0.05, 0.1) is 9.40 Å². The van der Waals surface area contributed by atoms with Crippen LogP contribution in [0.1, 0.15) is 13.8 Å². The largest absolute Gasteiger partial charge is 0.484 e. The van der Waals surface area contributed by atoms with Crippen LogP contribution in [0.2, 0.25) is 0 Å². The Kier molecular flexibility index (Phi) is 3.82. The molecule has 0 saturated carbocycles. The molecule has 1 heterocycles. The third-order valence-electron chi connectivity index (χ3n) is 1.62. The summed E-state index contributed by atoms with van der Waals surface area (Å²) in [5, 5.41) is 10.7. The predicted octanol–water partition coefficient (Wildman–Crippen LogP) is 1.87. The van der Waals surface area contributed by atoms with Gasteiger partial charge in [0, 0.05) is 11.7 Å². The van der Waals surface area contributed by atoms with E-state index in [2.05, 4.69) is 20.9 Å². The van der Waals surface area contributed by atoms with Gasteiger partial charge in [0.2, 0.25) is 5.75 Å². The van der Waals surface area contributed by atoms with Crippen molar-refractivity contribution in [3.05, 3.63) is 27.0 Å². The Hall–Kier alpha value is -1.21. The van der Waals surface area contributed by atoms with Crippen LogP contribution in [0.4, 0.5) is 5.69 Å². The van der Waals surface area contributed by atoms with Gasteiger partial charge in [-0.05, 0) is 29.8 Å². The average Bonchev–Trinajstić information content (AvgIpc) is 2.13. The van der Waals surface area contributed by atoms with Gasteiger partial charge in [-0.25, -0.2) is 0 Å². The summed E-state index contributed by atoms with van der Waals surface area (Å²) in [6, 6.07) is 0. The second kappa shape index (κ2) is 4.75. The number of hydrogen-bond acceptors (Lipinski definition) is 5. The van der Waals surface area contributed by atoms with Gasteiger partial charge in [0.25, 0.3) is 0 Å². The summed E-state index contributed by atoms with van der Waals surface area (Å²) < 4.78 is 5.78. The van der Waals surface area contributed by atoms with Gasteiger partial charge < -0.3 is 10.5 Å². The zero-order valence-corrected chi connectivity index (χ0v) is 10.5. The first-order valence-corrected chi connectivity index (χ1v) is 5.30. The minimum Gasteiger partial charge on any atom is -0.484 e. The molecule has 0 fully saturated rings. The SMILES string of the molecule is CC(C)(N)COc1c(Br)cncc1[N+](=O)[O-]. The van der Waals surface area contributed by atoms with E-state index in [0.717, 1.165) is 6.20 Å². The number of hydrogen-bond donors (Lipinski definition) is 1. The van der Waals surface area contributed by atoms with E-state index in [-0.39, 0.29) is 18.0 Å². The maximum Gasteiger partial charge on any atom is 0.330 e. The number of pyridine rings is 1. The summed E-state index contributed by atoms with van der Waals surface area (Å²) in [4.78, 5) is 13.9. The second-order valence-electron chi connectivity index (χ2n) is 4.00. The molecule has 1 aromatic heterocycles. The summed E-state index contributed by atoms with van der Waals surface area (Å²) in [7, 11) is 0. The van der Waals surface area contributed by atoms with Gasteiger partial charge in [-0.2, -0.15) is 0 Å². The molecule has 0 amide bonds. The lowest BCUT2D eigenvalue weighted by Gasteiger charge is -2.19. The molecule has 0 aliphatic rings. The van der Waals surface area contributed by atoms with Gasteiger partial charge in [-0.15, -0.1) is 0 Å². The lowest BCUT2D eigenvalue weighted by atomic mass is 10.1. The highest BCUT2D eigenvalue weighted by molar-refractivity contribution is 9.10. The summed E-state index contributed by atoms with van der Waals surface area (Å²) in [6.07, 6.45) is 2.58. The van der Waals surface area contributed by atoms with Crippen LogP contribution < -0.4 is 10.5 Å². The Labute approximate surface area is 101 Å². The molecule has 1 rings (SSSR count). The van der Waals surface area contributed by atoms with Crippen LogP contribution >= 0.6 is 15.9 Å². The van der Waals surface area contributed by atoms with Crippen LogP contribution in [0.15, 0.2) is 16.9 Å². The third-order valence-corrected chi connectivity index (χ3v) is 2.18. The van der Waals surface area contributed by atoms with Crippen molar-refractivity contribution in [1.82, 2.24) is 4.98 Å². The van der Waals surface area contributed by atoms with Crippen LogP contribution in [-0.4, -0.2) is 22.1 Å². The molecule has 2 N–H and O–H groups in total. The minimum absolute atomic E-state index is 0.151. The van der Waals surface area contributed by atoms with Crippen molar-refractivity contribution in [3.8, 4) is 5.75 Å². The van der Waals surface area contributed by atoms with Crippen molar-refractivity contribution >= 4 is 21.6 Å².